The Labute approximate surface area is 165 Å². The van der Waals surface area contributed by atoms with Crippen molar-refractivity contribution in [2.24, 2.45) is 5.92 Å². The largest absolute Gasteiger partial charge is 0.396 e. The van der Waals surface area contributed by atoms with Gasteiger partial charge in [-0.2, -0.15) is 0 Å². The highest BCUT2D eigenvalue weighted by atomic mass is 32.2. The van der Waals surface area contributed by atoms with Crippen LogP contribution in [0, 0.1) is 5.92 Å². The van der Waals surface area contributed by atoms with E-state index in [1.807, 2.05) is 0 Å². The topological polar surface area (TPSA) is 29.5 Å². The van der Waals surface area contributed by atoms with E-state index in [2.05, 4.69) is 37.4 Å². The average molecular weight is 391 g/mol. The molecule has 0 spiro atoms. The van der Waals surface area contributed by atoms with Crippen LogP contribution >= 0.6 is 23.5 Å². The Morgan fingerprint density at radius 3 is 2.04 bits per heavy atom. The molecule has 0 aromatic rings. The summed E-state index contributed by atoms with van der Waals surface area (Å²) in [5.74, 6) is 2.83. The number of unbranched alkanes of at least 4 members (excludes halogenated alkanes) is 9. The van der Waals surface area contributed by atoms with Crippen molar-refractivity contribution in [2.75, 3.05) is 31.3 Å². The Balaban J connectivity index is 1.92. The van der Waals surface area contributed by atoms with Crippen molar-refractivity contribution in [3.05, 3.63) is 0 Å². The maximum Gasteiger partial charge on any atom is 0.0587 e. The summed E-state index contributed by atoms with van der Waals surface area (Å²) in [6.07, 6.45) is 16.0. The van der Waals surface area contributed by atoms with Gasteiger partial charge in [-0.05, 0) is 37.7 Å². The summed E-state index contributed by atoms with van der Waals surface area (Å²) in [4.78, 5) is 0. The van der Waals surface area contributed by atoms with Crippen LogP contribution in [0.5, 0.6) is 0 Å². The third-order valence-electron chi connectivity index (χ3n) is 5.02. The first kappa shape index (κ1) is 23.7. The number of ether oxygens (including phenoxy) is 1. The van der Waals surface area contributed by atoms with Crippen molar-refractivity contribution in [1.82, 2.24) is 0 Å². The Bertz CT molecular complexity index is 294. The molecule has 0 aromatic carbocycles. The van der Waals surface area contributed by atoms with Crippen molar-refractivity contribution < 1.29 is 9.84 Å². The molecule has 25 heavy (non-hydrogen) atoms. The summed E-state index contributed by atoms with van der Waals surface area (Å²) >= 11 is 4.13. The highest BCUT2D eigenvalue weighted by Gasteiger charge is 2.31. The van der Waals surface area contributed by atoms with Gasteiger partial charge in [0, 0.05) is 19.1 Å². The first-order valence-corrected chi connectivity index (χ1v) is 12.6. The van der Waals surface area contributed by atoms with E-state index >= 15 is 0 Å². The molecular weight excluding hydrogens is 348 g/mol. The lowest BCUT2D eigenvalue weighted by atomic mass is 10.1. The van der Waals surface area contributed by atoms with E-state index in [0.29, 0.717) is 5.92 Å². The lowest BCUT2D eigenvalue weighted by Gasteiger charge is -2.35. The van der Waals surface area contributed by atoms with Gasteiger partial charge in [0.25, 0.3) is 0 Å². The summed E-state index contributed by atoms with van der Waals surface area (Å²) in [5.41, 5.74) is 0. The van der Waals surface area contributed by atoms with Gasteiger partial charge in [0.15, 0.2) is 0 Å². The molecule has 0 saturated carbocycles. The van der Waals surface area contributed by atoms with Crippen LogP contribution in [0.2, 0.25) is 0 Å². The number of rotatable bonds is 16. The summed E-state index contributed by atoms with van der Waals surface area (Å²) in [6, 6.07) is 0. The fourth-order valence-electron chi connectivity index (χ4n) is 3.44. The molecule has 2 nitrogen and oxygen atoms in total. The molecule has 1 rings (SSSR count). The van der Waals surface area contributed by atoms with Crippen LogP contribution < -0.4 is 0 Å². The van der Waals surface area contributed by atoms with E-state index in [4.69, 9.17) is 4.74 Å². The zero-order valence-corrected chi connectivity index (χ0v) is 18.4. The van der Waals surface area contributed by atoms with Gasteiger partial charge in [-0.3, -0.25) is 0 Å². The predicted molar refractivity (Wildman–Crippen MR) is 116 cm³/mol. The molecule has 1 aliphatic rings. The summed E-state index contributed by atoms with van der Waals surface area (Å²) in [5, 5.41) is 9.65. The van der Waals surface area contributed by atoms with Crippen LogP contribution in [0.4, 0.5) is 0 Å². The summed E-state index contributed by atoms with van der Waals surface area (Å²) in [6.45, 7) is 6.47. The van der Waals surface area contributed by atoms with E-state index in [1.165, 1.54) is 82.1 Å². The molecular formula is C21H42O2S2. The summed E-state index contributed by atoms with van der Waals surface area (Å²) < 4.78 is 6.15. The van der Waals surface area contributed by atoms with E-state index in [-0.39, 0.29) is 10.7 Å². The van der Waals surface area contributed by atoms with Crippen LogP contribution in [0.25, 0.3) is 0 Å². The lowest BCUT2D eigenvalue weighted by Crippen LogP contribution is -2.28. The molecule has 1 fully saturated rings. The molecule has 0 amide bonds. The van der Waals surface area contributed by atoms with Gasteiger partial charge < -0.3 is 9.84 Å². The molecule has 0 unspecified atom stereocenters. The maximum atomic E-state index is 9.65. The van der Waals surface area contributed by atoms with Crippen molar-refractivity contribution in [3.8, 4) is 0 Å². The Hall–Kier alpha value is 0.620. The quantitative estimate of drug-likeness (QED) is 0.304. The number of thioether (sulfide) groups is 2. The average Bonchev–Trinajstić information content (AvgIpc) is 2.62. The Morgan fingerprint density at radius 2 is 1.48 bits per heavy atom. The molecule has 150 valence electrons. The molecule has 1 atom stereocenters. The van der Waals surface area contributed by atoms with E-state index in [0.717, 1.165) is 19.6 Å². The van der Waals surface area contributed by atoms with Gasteiger partial charge in [0.05, 0.1) is 10.7 Å². The summed E-state index contributed by atoms with van der Waals surface area (Å²) in [7, 11) is 0. The van der Waals surface area contributed by atoms with Crippen molar-refractivity contribution in [1.29, 1.82) is 0 Å². The van der Waals surface area contributed by atoms with Crippen molar-refractivity contribution >= 4 is 23.5 Å². The Morgan fingerprint density at radius 1 is 0.920 bits per heavy atom. The molecule has 1 aliphatic heterocycles. The zero-order chi connectivity index (χ0) is 18.2. The monoisotopic (exact) mass is 390 g/mol. The number of hydrogen-bond acceptors (Lipinski definition) is 4. The lowest BCUT2D eigenvalue weighted by molar-refractivity contribution is 0.0664. The molecule has 1 N–H and O–H groups in total. The smallest absolute Gasteiger partial charge is 0.0587 e. The van der Waals surface area contributed by atoms with Crippen LogP contribution in [0.1, 0.15) is 90.9 Å². The van der Waals surface area contributed by atoms with Gasteiger partial charge in [-0.25, -0.2) is 0 Å². The molecule has 1 saturated heterocycles. The molecule has 0 bridgehead atoms. The minimum atomic E-state index is 0.259. The highest BCUT2D eigenvalue weighted by Crippen LogP contribution is 2.45. The molecule has 0 aliphatic carbocycles. The first-order chi connectivity index (χ1) is 12.2. The van der Waals surface area contributed by atoms with Gasteiger partial charge in [-0.1, -0.05) is 64.7 Å². The first-order valence-electron chi connectivity index (χ1n) is 10.7. The van der Waals surface area contributed by atoms with Gasteiger partial charge in [-0.15, -0.1) is 23.5 Å². The third kappa shape index (κ3) is 12.6. The Kier molecular flexibility index (Phi) is 14.8. The van der Waals surface area contributed by atoms with E-state index in [9.17, 15) is 5.11 Å². The standard InChI is InChI=1S/C21H42O2S2/c1-3-4-5-6-7-8-9-10-11-12-14-23-19-20(18-22)17-21(2)24-15-13-16-25-21/h20,22H,3-19H2,1-2H3/t20-/m1/s1. The highest BCUT2D eigenvalue weighted by molar-refractivity contribution is 8.18. The normalized spacial score (nSPS) is 18.4. The number of hydrogen-bond donors (Lipinski definition) is 1. The van der Waals surface area contributed by atoms with Crippen LogP contribution in [-0.2, 0) is 4.74 Å². The van der Waals surface area contributed by atoms with E-state index in [1.54, 1.807) is 0 Å². The number of aliphatic hydroxyl groups excluding tert-OH is 1. The molecule has 0 aromatic heterocycles. The van der Waals surface area contributed by atoms with Gasteiger partial charge >= 0.3 is 0 Å². The van der Waals surface area contributed by atoms with E-state index < -0.39 is 0 Å². The maximum absolute atomic E-state index is 9.65. The minimum absolute atomic E-state index is 0.259. The zero-order valence-electron chi connectivity index (χ0n) is 16.8. The molecule has 1 heterocycles. The third-order valence-corrected chi connectivity index (χ3v) is 8.26. The minimum Gasteiger partial charge on any atom is -0.396 e. The predicted octanol–water partition coefficient (Wildman–Crippen LogP) is 6.51. The van der Waals surface area contributed by atoms with Crippen LogP contribution in [0.3, 0.4) is 0 Å². The molecule has 4 heteroatoms. The van der Waals surface area contributed by atoms with Gasteiger partial charge in [0.1, 0.15) is 0 Å². The fourth-order valence-corrected chi connectivity index (χ4v) is 6.60. The van der Waals surface area contributed by atoms with Crippen molar-refractivity contribution in [3.63, 3.8) is 0 Å². The second-order valence-corrected chi connectivity index (χ2v) is 11.1. The van der Waals surface area contributed by atoms with Gasteiger partial charge in [0.2, 0.25) is 0 Å². The molecule has 0 radical (unpaired) electrons. The fraction of sp³-hybridized carbons (Fsp3) is 1.00. The SMILES string of the molecule is CCCCCCCCCCCCOC[C@@H](CO)CC1(C)SCCCS1. The van der Waals surface area contributed by atoms with Crippen LogP contribution in [-0.4, -0.2) is 40.5 Å². The second-order valence-electron chi connectivity index (χ2n) is 7.69. The van der Waals surface area contributed by atoms with Crippen molar-refractivity contribution in [2.45, 2.75) is 95.0 Å². The second kappa shape index (κ2) is 15.7. The number of aliphatic hydroxyl groups is 1. The van der Waals surface area contributed by atoms with Crippen LogP contribution in [0.15, 0.2) is 0 Å².